The maximum atomic E-state index is 6.50. The van der Waals surface area contributed by atoms with E-state index in [4.69, 9.17) is 63.1 Å². The summed E-state index contributed by atoms with van der Waals surface area (Å²) in [6.07, 6.45) is 0. The Morgan fingerprint density at radius 1 is 0.214 bits per heavy atom. The summed E-state index contributed by atoms with van der Waals surface area (Å²) in [4.78, 5) is 0. The number of hydrogen-bond acceptors (Lipinski definition) is 12. The van der Waals surface area contributed by atoms with Gasteiger partial charge in [-0.2, -0.15) is 0 Å². The van der Waals surface area contributed by atoms with Gasteiger partial charge in [-0.1, -0.05) is 0 Å². The van der Waals surface area contributed by atoms with Crippen LogP contribution < -0.4 is 103 Å². The van der Waals surface area contributed by atoms with Gasteiger partial charge < -0.3 is 2.85 Å². The predicted octanol–water partition coefficient (Wildman–Crippen LogP) is -4.09. The van der Waals surface area contributed by atoms with E-state index in [-0.39, 0.29) is 140 Å². The average Bonchev–Trinajstić information content (AvgIpc) is 2.84. The Balaban J connectivity index is -0.00000000321. The summed E-state index contributed by atoms with van der Waals surface area (Å²) in [6.45, 7) is 42.0. The summed E-state index contributed by atoms with van der Waals surface area (Å²) in [6, 6.07) is 0. The molecule has 12 nitrogen and oxygen atoms in total. The van der Waals surface area contributed by atoms with Crippen molar-refractivity contribution in [3.8, 4) is 78.9 Å². The van der Waals surface area contributed by atoms with E-state index in [1.165, 1.54) is 0 Å². The third-order valence-corrected chi connectivity index (χ3v) is 0. The first-order valence-electron chi connectivity index (χ1n) is 3.10. The van der Waals surface area contributed by atoms with E-state index < -0.39 is 0 Å². The van der Waals surface area contributed by atoms with Crippen LogP contribution in [-0.2, 0) is 34.1 Å². The van der Waals surface area contributed by atoms with E-state index in [9.17, 15) is 0 Å². The van der Waals surface area contributed by atoms with Gasteiger partial charge >= 0.3 is 103 Å². The molecule has 0 N–H and O–H groups in total. The molecule has 0 fully saturated rings. The first-order valence-corrected chi connectivity index (χ1v) is 3.10. The van der Waals surface area contributed by atoms with Crippen LogP contribution >= 0.6 is 0 Å². The second-order valence-electron chi connectivity index (χ2n) is 0. The second kappa shape index (κ2) is 4510. The van der Waals surface area contributed by atoms with Crippen LogP contribution in [0.15, 0.2) is 0 Å². The molecule has 140 valence electrons. The van der Waals surface area contributed by atoms with E-state index in [2.05, 4.69) is 78.9 Å². The fraction of sp³-hybridized carbons (Fsp3) is 0. The van der Waals surface area contributed by atoms with Crippen molar-refractivity contribution < 1.29 is 140 Å². The maximum absolute atomic E-state index is 6.50. The summed E-state index contributed by atoms with van der Waals surface area (Å²) < 4.78 is 0. The number of rotatable bonds is 0. The van der Waals surface area contributed by atoms with E-state index in [1.807, 2.05) is 0 Å². The van der Waals surface area contributed by atoms with Gasteiger partial charge in [0, 0.05) is 113 Å². The van der Waals surface area contributed by atoms with Gasteiger partial charge in [-0.3, -0.25) is 0 Å². The Kier molecular flexibility index (Phi) is 25800. The molecule has 0 aliphatic rings. The fourth-order valence-electron chi connectivity index (χ4n) is 0. The molecule has 0 aliphatic carbocycles. The van der Waals surface area contributed by atoms with Crippen LogP contribution in [0.1, 0.15) is 2.85 Å². The van der Waals surface area contributed by atoms with E-state index >= 15 is 0 Å². The molecule has 0 amide bonds. The summed E-state index contributed by atoms with van der Waals surface area (Å²) >= 11 is 0. The molecule has 28 heavy (non-hydrogen) atoms. The zero-order valence-electron chi connectivity index (χ0n) is 17.0. The van der Waals surface area contributed by atoms with Crippen LogP contribution in [0.5, 0.6) is 0 Å². The van der Waals surface area contributed by atoms with Crippen LogP contribution in [-0.4, -0.2) is 0 Å². The Morgan fingerprint density at radius 2 is 0.214 bits per heavy atom. The van der Waals surface area contributed by atoms with Crippen molar-refractivity contribution >= 4 is 0 Å². The second-order valence-corrected chi connectivity index (χ2v) is 0. The van der Waals surface area contributed by atoms with Crippen LogP contribution in [0.2, 0.25) is 0 Å². The van der Waals surface area contributed by atoms with Crippen molar-refractivity contribution in [2.24, 2.45) is 0 Å². The van der Waals surface area contributed by atoms with Crippen molar-refractivity contribution in [1.29, 1.82) is 63.1 Å². The first kappa shape index (κ1) is 160. The largest absolute Gasteiger partial charge is 1.00 e. The Hall–Kier alpha value is -1.81. The topological polar surface area (TPSA) is 285 Å². The van der Waals surface area contributed by atoms with Gasteiger partial charge in [-0.15, -0.1) is 0 Å². The predicted molar refractivity (Wildman–Crippen MR) is 82.3 cm³/mol. The van der Waals surface area contributed by atoms with Gasteiger partial charge in [0.15, 0.2) is 0 Å². The molecule has 0 unspecified atom stereocenters. The number of nitriles is 12. The summed E-state index contributed by atoms with van der Waals surface area (Å²) in [5.41, 5.74) is 0. The molecular formula is C12H14Fe2K2N12. The third-order valence-electron chi connectivity index (χ3n) is 0. The van der Waals surface area contributed by atoms with E-state index in [1.54, 1.807) is 0 Å². The van der Waals surface area contributed by atoms with Crippen LogP contribution in [0, 0.1) is 142 Å². The average molecular weight is 516 g/mol. The van der Waals surface area contributed by atoms with E-state index in [0.29, 0.717) is 0 Å². The van der Waals surface area contributed by atoms with Crippen molar-refractivity contribution in [3.05, 3.63) is 0 Å². The van der Waals surface area contributed by atoms with Crippen molar-refractivity contribution in [2.45, 2.75) is 0 Å². The van der Waals surface area contributed by atoms with Gasteiger partial charge in [0.2, 0.25) is 0 Å². The van der Waals surface area contributed by atoms with Crippen molar-refractivity contribution in [1.82, 2.24) is 0 Å². The van der Waals surface area contributed by atoms with Gasteiger partial charge in [0.05, 0.1) is 0 Å². The summed E-state index contributed by atoms with van der Waals surface area (Å²) in [5, 5.41) is 78.0. The third kappa shape index (κ3) is 3980. The van der Waals surface area contributed by atoms with Gasteiger partial charge in [0.25, 0.3) is 0 Å². The van der Waals surface area contributed by atoms with Gasteiger partial charge in [0.1, 0.15) is 0 Å². The minimum atomic E-state index is 0. The zero-order valence-corrected chi connectivity index (χ0v) is 23.5. The molecule has 0 spiro atoms. The molecule has 0 aromatic carbocycles. The normalized spacial score (nSPS) is 0.857. The van der Waals surface area contributed by atoms with Gasteiger partial charge in [-0.25, -0.2) is 63.1 Å². The molecule has 0 saturated heterocycles. The minimum Gasteiger partial charge on any atom is -1.00 e. The number of hydrogen-bond donors (Lipinski definition) is 0. The summed E-state index contributed by atoms with van der Waals surface area (Å²) in [7, 11) is 0. The quantitative estimate of drug-likeness (QED) is 0.278. The molecule has 0 radical (unpaired) electrons. The minimum absolute atomic E-state index is 0. The molecule has 0 aliphatic heterocycles. The Labute approximate surface area is 277 Å². The Morgan fingerprint density at radius 3 is 0.214 bits per heavy atom. The maximum Gasteiger partial charge on any atom is 1.00 e. The molecule has 0 bridgehead atoms. The molecule has 0 aromatic rings. The molecule has 16 heteroatoms. The molecule has 0 aromatic heterocycles. The standard InChI is InChI=1S/12CHN.2Fe.2K.2H/c12*1-2;;;;;;/h12*1H;;;;;;/q;;;;;;;;;;;;;;2*+1;2*-1. The van der Waals surface area contributed by atoms with E-state index in [0.717, 1.165) is 0 Å². The van der Waals surface area contributed by atoms with Gasteiger partial charge in [-0.05, 0) is 0 Å². The van der Waals surface area contributed by atoms with Crippen LogP contribution in [0.3, 0.4) is 0 Å². The Bertz CT molecular complexity index is 241. The summed E-state index contributed by atoms with van der Waals surface area (Å²) in [5.74, 6) is 0. The number of nitrogens with zero attached hydrogens (tertiary/aromatic N) is 12. The molecule has 0 atom stereocenters. The molecule has 0 heterocycles. The monoisotopic (exact) mass is 516 g/mol. The zero-order chi connectivity index (χ0) is 24.0. The smallest absolute Gasteiger partial charge is 1.00 e. The molecular weight excluding hydrogens is 502 g/mol. The van der Waals surface area contributed by atoms with Crippen molar-refractivity contribution in [2.75, 3.05) is 0 Å². The van der Waals surface area contributed by atoms with Crippen molar-refractivity contribution in [3.63, 3.8) is 0 Å². The molecule has 0 saturated carbocycles. The van der Waals surface area contributed by atoms with Crippen LogP contribution in [0.4, 0.5) is 0 Å². The fourth-order valence-corrected chi connectivity index (χ4v) is 0. The first-order chi connectivity index (χ1) is 12.0. The van der Waals surface area contributed by atoms with Crippen LogP contribution in [0.25, 0.3) is 0 Å². The molecule has 0 rings (SSSR count). The SMILES string of the molecule is C#N.C#N.C#N.C#N.C#N.C#N.C#N.C#N.C#N.C#N.C#N.C#N.[Fe].[Fe].[H-].[H-].[K+].[K+].